The summed E-state index contributed by atoms with van der Waals surface area (Å²) in [5.41, 5.74) is 3.70. The SMILES string of the molecule is O=C(c1cccc(OCc2cscn2)c1)N(Cc1ccccc1F)C1CC1. The van der Waals surface area contributed by atoms with Crippen LogP contribution in [0.4, 0.5) is 4.39 Å². The summed E-state index contributed by atoms with van der Waals surface area (Å²) in [7, 11) is 0. The molecular weight excluding hydrogens is 363 g/mol. The van der Waals surface area contributed by atoms with Crippen molar-refractivity contribution < 1.29 is 13.9 Å². The van der Waals surface area contributed by atoms with Gasteiger partial charge in [0.2, 0.25) is 0 Å². The van der Waals surface area contributed by atoms with Crippen LogP contribution >= 0.6 is 11.3 Å². The zero-order chi connectivity index (χ0) is 18.6. The molecule has 4 nitrogen and oxygen atoms in total. The lowest BCUT2D eigenvalue weighted by molar-refractivity contribution is 0.0728. The van der Waals surface area contributed by atoms with Gasteiger partial charge in [-0.05, 0) is 37.1 Å². The Morgan fingerprint density at radius 2 is 2.07 bits per heavy atom. The second-order valence-corrected chi connectivity index (χ2v) is 7.27. The molecule has 0 unspecified atom stereocenters. The minimum absolute atomic E-state index is 0.0974. The predicted octanol–water partition coefficient (Wildman–Crippen LogP) is 4.67. The number of nitrogens with zero attached hydrogens (tertiary/aromatic N) is 2. The third-order valence-electron chi connectivity index (χ3n) is 4.50. The second-order valence-electron chi connectivity index (χ2n) is 6.55. The van der Waals surface area contributed by atoms with Crippen LogP contribution in [0.5, 0.6) is 5.75 Å². The minimum Gasteiger partial charge on any atom is -0.487 e. The third kappa shape index (κ3) is 4.34. The maximum atomic E-state index is 14.0. The first kappa shape index (κ1) is 17.7. The van der Waals surface area contributed by atoms with Gasteiger partial charge >= 0.3 is 0 Å². The number of rotatable bonds is 7. The van der Waals surface area contributed by atoms with E-state index >= 15 is 0 Å². The summed E-state index contributed by atoms with van der Waals surface area (Å²) in [6.45, 7) is 0.642. The van der Waals surface area contributed by atoms with Gasteiger partial charge in [-0.3, -0.25) is 4.79 Å². The van der Waals surface area contributed by atoms with Crippen molar-refractivity contribution in [3.8, 4) is 5.75 Å². The fourth-order valence-corrected chi connectivity index (χ4v) is 3.46. The molecule has 6 heteroatoms. The fourth-order valence-electron chi connectivity index (χ4n) is 2.91. The van der Waals surface area contributed by atoms with Crippen molar-refractivity contribution in [2.24, 2.45) is 0 Å². The number of thiazole rings is 1. The van der Waals surface area contributed by atoms with Crippen molar-refractivity contribution in [2.75, 3.05) is 0 Å². The fraction of sp³-hybridized carbons (Fsp3) is 0.238. The average Bonchev–Trinajstić information content (AvgIpc) is 3.40. The largest absolute Gasteiger partial charge is 0.487 e. The molecule has 0 atom stereocenters. The number of carbonyl (C=O) groups is 1. The molecular formula is C21H19FN2O2S. The minimum atomic E-state index is -0.281. The Morgan fingerprint density at radius 3 is 2.81 bits per heavy atom. The van der Waals surface area contributed by atoms with Crippen LogP contribution in [-0.2, 0) is 13.2 Å². The molecule has 0 N–H and O–H groups in total. The highest BCUT2D eigenvalue weighted by Gasteiger charge is 2.33. The van der Waals surface area contributed by atoms with Gasteiger partial charge in [-0.15, -0.1) is 11.3 Å². The van der Waals surface area contributed by atoms with Crippen LogP contribution < -0.4 is 4.74 Å². The molecule has 3 aromatic rings. The van der Waals surface area contributed by atoms with E-state index in [2.05, 4.69) is 4.98 Å². The number of carbonyl (C=O) groups excluding carboxylic acids is 1. The average molecular weight is 382 g/mol. The van der Waals surface area contributed by atoms with Crippen molar-refractivity contribution >= 4 is 17.2 Å². The molecule has 0 radical (unpaired) electrons. The molecule has 27 heavy (non-hydrogen) atoms. The van der Waals surface area contributed by atoms with Crippen molar-refractivity contribution in [2.45, 2.75) is 32.0 Å². The molecule has 1 saturated carbocycles. The van der Waals surface area contributed by atoms with Gasteiger partial charge in [-0.25, -0.2) is 9.37 Å². The monoisotopic (exact) mass is 382 g/mol. The molecule has 1 aliphatic rings. The lowest BCUT2D eigenvalue weighted by Crippen LogP contribution is -2.32. The Balaban J connectivity index is 1.49. The molecule has 0 spiro atoms. The van der Waals surface area contributed by atoms with Gasteiger partial charge in [0.25, 0.3) is 5.91 Å². The third-order valence-corrected chi connectivity index (χ3v) is 5.13. The van der Waals surface area contributed by atoms with Crippen LogP contribution in [0.15, 0.2) is 59.4 Å². The molecule has 2 aromatic carbocycles. The topological polar surface area (TPSA) is 42.4 Å². The van der Waals surface area contributed by atoms with Gasteiger partial charge in [0.1, 0.15) is 18.2 Å². The lowest BCUT2D eigenvalue weighted by Gasteiger charge is -2.23. The van der Waals surface area contributed by atoms with Gasteiger partial charge in [0, 0.05) is 29.1 Å². The highest BCUT2D eigenvalue weighted by molar-refractivity contribution is 7.07. The highest BCUT2D eigenvalue weighted by Crippen LogP contribution is 2.31. The predicted molar refractivity (Wildman–Crippen MR) is 102 cm³/mol. The van der Waals surface area contributed by atoms with E-state index in [1.54, 1.807) is 46.8 Å². The van der Waals surface area contributed by atoms with Crippen molar-refractivity contribution in [3.63, 3.8) is 0 Å². The van der Waals surface area contributed by atoms with Gasteiger partial charge in [0.15, 0.2) is 0 Å². The van der Waals surface area contributed by atoms with Crippen LogP contribution in [0.1, 0.15) is 34.5 Å². The number of hydrogen-bond donors (Lipinski definition) is 0. The molecule has 0 saturated heterocycles. The summed E-state index contributed by atoms with van der Waals surface area (Å²) >= 11 is 1.52. The number of benzene rings is 2. The second kappa shape index (κ2) is 7.88. The van der Waals surface area contributed by atoms with E-state index < -0.39 is 0 Å². The number of amides is 1. The van der Waals surface area contributed by atoms with E-state index in [1.165, 1.54) is 17.4 Å². The van der Waals surface area contributed by atoms with E-state index in [9.17, 15) is 9.18 Å². The quantitative estimate of drug-likeness (QED) is 0.597. The van der Waals surface area contributed by atoms with E-state index in [1.807, 2.05) is 11.4 Å². The summed E-state index contributed by atoms with van der Waals surface area (Å²) in [5, 5.41) is 1.93. The van der Waals surface area contributed by atoms with Crippen molar-refractivity contribution in [1.82, 2.24) is 9.88 Å². The van der Waals surface area contributed by atoms with E-state index in [0.717, 1.165) is 18.5 Å². The molecule has 1 fully saturated rings. The van der Waals surface area contributed by atoms with Gasteiger partial charge in [-0.2, -0.15) is 0 Å². The molecule has 1 amide bonds. The van der Waals surface area contributed by atoms with Crippen LogP contribution in [-0.4, -0.2) is 21.8 Å². The molecule has 138 valence electrons. The molecule has 1 aromatic heterocycles. The number of halogens is 1. The van der Waals surface area contributed by atoms with Crippen molar-refractivity contribution in [1.29, 1.82) is 0 Å². The zero-order valence-electron chi connectivity index (χ0n) is 14.7. The van der Waals surface area contributed by atoms with Gasteiger partial charge < -0.3 is 9.64 Å². The van der Waals surface area contributed by atoms with Crippen LogP contribution in [0.2, 0.25) is 0 Å². The summed E-state index contributed by atoms with van der Waals surface area (Å²) in [6.07, 6.45) is 1.92. The number of ether oxygens (including phenoxy) is 1. The first-order chi connectivity index (χ1) is 13.2. The number of aromatic nitrogens is 1. The van der Waals surface area contributed by atoms with Crippen LogP contribution in [0.25, 0.3) is 0 Å². The van der Waals surface area contributed by atoms with Crippen LogP contribution in [0.3, 0.4) is 0 Å². The van der Waals surface area contributed by atoms with Crippen LogP contribution in [0, 0.1) is 5.82 Å². The first-order valence-corrected chi connectivity index (χ1v) is 9.79. The first-order valence-electron chi connectivity index (χ1n) is 8.85. The van der Waals surface area contributed by atoms with Crippen molar-refractivity contribution in [3.05, 3.63) is 82.1 Å². The number of hydrogen-bond acceptors (Lipinski definition) is 4. The molecule has 4 rings (SSSR count). The lowest BCUT2D eigenvalue weighted by atomic mass is 10.1. The summed E-state index contributed by atoms with van der Waals surface area (Å²) in [4.78, 5) is 19.0. The highest BCUT2D eigenvalue weighted by atomic mass is 32.1. The standard InChI is InChI=1S/C21H19FN2O2S/c22-20-7-2-1-4-16(20)11-24(18-8-9-18)21(25)15-5-3-6-19(10-15)26-12-17-13-27-14-23-17/h1-7,10,13-14,18H,8-9,11-12H2. The van der Waals surface area contributed by atoms with E-state index in [-0.39, 0.29) is 24.3 Å². The Labute approximate surface area is 161 Å². The maximum absolute atomic E-state index is 14.0. The maximum Gasteiger partial charge on any atom is 0.254 e. The zero-order valence-corrected chi connectivity index (χ0v) is 15.5. The molecule has 0 bridgehead atoms. The Hall–Kier alpha value is -2.73. The Kier molecular flexibility index (Phi) is 5.16. The summed E-state index contributed by atoms with van der Waals surface area (Å²) < 4.78 is 19.8. The molecule has 1 heterocycles. The van der Waals surface area contributed by atoms with Gasteiger partial charge in [0.05, 0.1) is 11.2 Å². The molecule has 1 aliphatic carbocycles. The summed E-state index contributed by atoms with van der Waals surface area (Å²) in [6, 6.07) is 13.9. The smallest absolute Gasteiger partial charge is 0.254 e. The van der Waals surface area contributed by atoms with E-state index in [4.69, 9.17) is 4.74 Å². The summed E-state index contributed by atoms with van der Waals surface area (Å²) in [5.74, 6) is 0.242. The molecule has 0 aliphatic heterocycles. The van der Waals surface area contributed by atoms with Gasteiger partial charge in [-0.1, -0.05) is 24.3 Å². The normalized spacial score (nSPS) is 13.4. The Bertz CT molecular complexity index is 925. The van der Waals surface area contributed by atoms with E-state index in [0.29, 0.717) is 23.5 Å². The Morgan fingerprint density at radius 1 is 1.22 bits per heavy atom.